The van der Waals surface area contributed by atoms with Gasteiger partial charge in [-0.1, -0.05) is 54.6 Å². The van der Waals surface area contributed by atoms with Gasteiger partial charge in [-0.2, -0.15) is 0 Å². The molecule has 2 aromatic carbocycles. The van der Waals surface area contributed by atoms with Crippen molar-refractivity contribution in [2.75, 3.05) is 26.2 Å². The van der Waals surface area contributed by atoms with Gasteiger partial charge < -0.3 is 10.1 Å². The van der Waals surface area contributed by atoms with E-state index in [1.807, 2.05) is 30.3 Å². The molecule has 0 aliphatic carbocycles. The molecule has 1 aliphatic heterocycles. The molecule has 3 nitrogen and oxygen atoms in total. The zero-order valence-corrected chi connectivity index (χ0v) is 15.9. The summed E-state index contributed by atoms with van der Waals surface area (Å²) in [6.07, 6.45) is 2.02. The fraction of sp³-hybridized carbons (Fsp3) is 0.300. The van der Waals surface area contributed by atoms with Crippen LogP contribution in [0.5, 0.6) is 5.75 Å². The second-order valence-electron chi connectivity index (χ2n) is 5.78. The molecule has 0 unspecified atom stereocenters. The Bertz CT molecular complexity index is 631. The lowest BCUT2D eigenvalue weighted by molar-refractivity contribution is 0.197. The molecule has 1 heterocycles. The number of hydrogen-bond acceptors (Lipinski definition) is 3. The lowest BCUT2D eigenvalue weighted by Gasteiger charge is -2.34. The molecule has 1 saturated heterocycles. The van der Waals surface area contributed by atoms with Gasteiger partial charge in [-0.15, -0.1) is 31.4 Å². The summed E-state index contributed by atoms with van der Waals surface area (Å²) in [5.41, 5.74) is 2.37. The molecule has 0 aromatic heterocycles. The van der Waals surface area contributed by atoms with Gasteiger partial charge in [0.25, 0.3) is 0 Å². The van der Waals surface area contributed by atoms with Gasteiger partial charge in [0.05, 0.1) is 6.04 Å². The maximum atomic E-state index is 6.11. The van der Waals surface area contributed by atoms with Crippen molar-refractivity contribution in [3.05, 3.63) is 78.4 Å². The summed E-state index contributed by atoms with van der Waals surface area (Å²) in [7, 11) is 0. The third kappa shape index (κ3) is 5.75. The van der Waals surface area contributed by atoms with E-state index in [1.54, 1.807) is 0 Å². The number of halogens is 2. The van der Waals surface area contributed by atoms with Gasteiger partial charge in [0.1, 0.15) is 12.4 Å². The van der Waals surface area contributed by atoms with Crippen molar-refractivity contribution in [3.63, 3.8) is 0 Å². The van der Waals surface area contributed by atoms with E-state index in [1.165, 1.54) is 11.1 Å². The number of rotatable bonds is 6. The molecule has 1 fully saturated rings. The number of benzene rings is 2. The van der Waals surface area contributed by atoms with Crippen LogP contribution in [0, 0.1) is 0 Å². The number of piperazine rings is 1. The Morgan fingerprint density at radius 1 is 1.00 bits per heavy atom. The summed E-state index contributed by atoms with van der Waals surface area (Å²) < 4.78 is 6.11. The van der Waals surface area contributed by atoms with Gasteiger partial charge >= 0.3 is 0 Å². The minimum Gasteiger partial charge on any atom is -0.489 e. The summed E-state index contributed by atoms with van der Waals surface area (Å²) in [5.74, 6) is 0.944. The monoisotopic (exact) mass is 380 g/mol. The zero-order valence-electron chi connectivity index (χ0n) is 14.3. The van der Waals surface area contributed by atoms with Gasteiger partial charge in [-0.3, -0.25) is 4.90 Å². The summed E-state index contributed by atoms with van der Waals surface area (Å²) in [4.78, 5) is 2.45. The summed E-state index contributed by atoms with van der Waals surface area (Å²) in [6.45, 7) is 8.75. The second-order valence-corrected chi connectivity index (χ2v) is 5.78. The van der Waals surface area contributed by atoms with Gasteiger partial charge in [0.2, 0.25) is 0 Å². The molecule has 25 heavy (non-hydrogen) atoms. The van der Waals surface area contributed by atoms with Crippen molar-refractivity contribution in [1.82, 2.24) is 10.2 Å². The molecule has 0 amide bonds. The average molecular weight is 381 g/mol. The lowest BCUT2D eigenvalue weighted by Crippen LogP contribution is -2.44. The van der Waals surface area contributed by atoms with Crippen LogP contribution in [0.2, 0.25) is 0 Å². The van der Waals surface area contributed by atoms with Gasteiger partial charge in [-0.05, 0) is 11.6 Å². The second kappa shape index (κ2) is 11.2. The Morgan fingerprint density at radius 3 is 2.32 bits per heavy atom. The molecule has 0 radical (unpaired) electrons. The fourth-order valence-corrected chi connectivity index (χ4v) is 3.02. The first-order valence-corrected chi connectivity index (χ1v) is 8.21. The van der Waals surface area contributed by atoms with E-state index >= 15 is 0 Å². The molecular formula is C20H26Cl2N2O. The molecule has 1 N–H and O–H groups in total. The highest BCUT2D eigenvalue weighted by molar-refractivity contribution is 5.85. The number of nitrogens with zero attached hydrogens (tertiary/aromatic N) is 1. The molecule has 1 atom stereocenters. The van der Waals surface area contributed by atoms with Gasteiger partial charge in [0.15, 0.2) is 0 Å². The Morgan fingerprint density at radius 2 is 1.64 bits per heavy atom. The predicted octanol–water partition coefficient (Wildman–Crippen LogP) is 4.24. The van der Waals surface area contributed by atoms with Crippen LogP contribution < -0.4 is 10.1 Å². The van der Waals surface area contributed by atoms with Crippen LogP contribution in [0.1, 0.15) is 17.2 Å². The number of nitrogens with one attached hydrogen (secondary N) is 1. The first-order valence-electron chi connectivity index (χ1n) is 8.21. The van der Waals surface area contributed by atoms with Crippen molar-refractivity contribution < 1.29 is 4.74 Å². The molecule has 3 rings (SSSR count). The van der Waals surface area contributed by atoms with E-state index in [0.29, 0.717) is 6.61 Å². The third-order valence-electron chi connectivity index (χ3n) is 4.24. The Labute approximate surface area is 162 Å². The Kier molecular flexibility index (Phi) is 9.61. The minimum atomic E-state index is 0. The van der Waals surface area contributed by atoms with Crippen LogP contribution in [0.4, 0.5) is 0 Å². The van der Waals surface area contributed by atoms with Crippen LogP contribution in [-0.4, -0.2) is 31.1 Å². The van der Waals surface area contributed by atoms with Crippen LogP contribution >= 0.6 is 24.8 Å². The molecule has 0 spiro atoms. The number of para-hydroxylation sites is 1. The zero-order chi connectivity index (χ0) is 15.9. The van der Waals surface area contributed by atoms with Crippen molar-refractivity contribution >= 4 is 24.8 Å². The van der Waals surface area contributed by atoms with Gasteiger partial charge in [0, 0.05) is 31.7 Å². The van der Waals surface area contributed by atoms with E-state index in [0.717, 1.165) is 31.9 Å². The maximum Gasteiger partial charge on any atom is 0.124 e. The largest absolute Gasteiger partial charge is 0.489 e. The molecule has 1 aliphatic rings. The highest BCUT2D eigenvalue weighted by Gasteiger charge is 2.22. The lowest BCUT2D eigenvalue weighted by atomic mass is 10.0. The summed E-state index contributed by atoms with van der Waals surface area (Å²) >= 11 is 0. The van der Waals surface area contributed by atoms with Crippen LogP contribution in [0.15, 0.2) is 67.3 Å². The maximum absolute atomic E-state index is 6.11. The average Bonchev–Trinajstić information content (AvgIpc) is 2.63. The topological polar surface area (TPSA) is 24.5 Å². The van der Waals surface area contributed by atoms with Crippen LogP contribution in [0.25, 0.3) is 0 Å². The fourth-order valence-electron chi connectivity index (χ4n) is 3.02. The van der Waals surface area contributed by atoms with Crippen molar-refractivity contribution in [3.8, 4) is 5.75 Å². The Hall–Kier alpha value is -1.52. The summed E-state index contributed by atoms with van der Waals surface area (Å²) in [5, 5.41) is 3.40. The smallest absolute Gasteiger partial charge is 0.124 e. The molecule has 0 saturated carbocycles. The highest BCUT2D eigenvalue weighted by Crippen LogP contribution is 2.31. The predicted molar refractivity (Wildman–Crippen MR) is 109 cm³/mol. The van der Waals surface area contributed by atoms with Crippen molar-refractivity contribution in [1.29, 1.82) is 0 Å². The molecule has 5 heteroatoms. The quantitative estimate of drug-likeness (QED) is 0.758. The minimum absolute atomic E-state index is 0. The van der Waals surface area contributed by atoms with Gasteiger partial charge in [-0.25, -0.2) is 0 Å². The first-order chi connectivity index (χ1) is 11.4. The number of hydrogen-bond donors (Lipinski definition) is 1. The van der Waals surface area contributed by atoms with Crippen LogP contribution in [0.3, 0.4) is 0 Å². The highest BCUT2D eigenvalue weighted by atomic mass is 35.5. The van der Waals surface area contributed by atoms with E-state index in [-0.39, 0.29) is 30.9 Å². The Balaban J connectivity index is 0.00000156. The van der Waals surface area contributed by atoms with E-state index in [4.69, 9.17) is 4.74 Å². The van der Waals surface area contributed by atoms with E-state index < -0.39 is 0 Å². The molecular weight excluding hydrogens is 355 g/mol. The van der Waals surface area contributed by atoms with Crippen LogP contribution in [-0.2, 0) is 6.61 Å². The molecule has 2 aromatic rings. The standard InChI is InChI=1S/C20H24N2O.2ClH/c1-2-19(22-14-12-21-13-15-22)18-10-6-7-11-20(18)23-16-17-8-4-3-5-9-17;;/h2-11,19,21H,1,12-16H2;2*1H/t19-;;/m0../s1. The molecule has 136 valence electrons. The van der Waals surface area contributed by atoms with Crippen molar-refractivity contribution in [2.45, 2.75) is 12.6 Å². The molecule has 0 bridgehead atoms. The van der Waals surface area contributed by atoms with E-state index in [2.05, 4.69) is 47.1 Å². The van der Waals surface area contributed by atoms with Crippen molar-refractivity contribution in [2.24, 2.45) is 0 Å². The van der Waals surface area contributed by atoms with E-state index in [9.17, 15) is 0 Å². The first kappa shape index (κ1) is 21.5. The normalized spacial score (nSPS) is 15.4. The SMILES string of the molecule is C=C[C@@H](c1ccccc1OCc1ccccc1)N1CCNCC1.Cl.Cl. The summed E-state index contributed by atoms with van der Waals surface area (Å²) in [6, 6.07) is 18.8. The third-order valence-corrected chi connectivity index (χ3v) is 4.24. The number of ether oxygens (including phenoxy) is 1.